The summed E-state index contributed by atoms with van der Waals surface area (Å²) in [5, 5.41) is 1.33. The van der Waals surface area contributed by atoms with Gasteiger partial charge in [-0.3, -0.25) is 4.79 Å². The lowest BCUT2D eigenvalue weighted by Gasteiger charge is -2.44. The zero-order valence-electron chi connectivity index (χ0n) is 21.9. The third kappa shape index (κ3) is 6.14. The van der Waals surface area contributed by atoms with Crippen LogP contribution in [0, 0.1) is 11.8 Å². The Bertz CT molecular complexity index is 1490. The molecule has 0 radical (unpaired) electrons. The largest absolute Gasteiger partial charge is 0.417 e. The van der Waals surface area contributed by atoms with E-state index in [9.17, 15) is 48.0 Å². The Morgan fingerprint density at radius 2 is 1.55 bits per heavy atom. The predicted molar refractivity (Wildman–Crippen MR) is 133 cm³/mol. The van der Waals surface area contributed by atoms with E-state index >= 15 is 0 Å². The number of carbonyl (C=O) groups excluding carboxylic acids is 1. The quantitative estimate of drug-likeness (QED) is 0.404. The Kier molecular flexibility index (Phi) is 8.45. The summed E-state index contributed by atoms with van der Waals surface area (Å²) in [6, 6.07) is 3.86. The number of pyridine rings is 1. The number of carbonyl (C=O) groups is 1. The molecule has 40 heavy (non-hydrogen) atoms. The van der Waals surface area contributed by atoms with Gasteiger partial charge in [0, 0.05) is 12.7 Å². The third-order valence-corrected chi connectivity index (χ3v) is 12.0. The number of alkyl halides is 6. The molecular formula is C25H28F6N2O5S2. The highest BCUT2D eigenvalue weighted by Crippen LogP contribution is 2.46. The summed E-state index contributed by atoms with van der Waals surface area (Å²) in [6.07, 6.45) is -8.67. The minimum atomic E-state index is -4.88. The molecule has 3 rings (SSSR count). The number of nitrogens with one attached hydrogen (secondary N) is 1. The summed E-state index contributed by atoms with van der Waals surface area (Å²) in [5.74, 6) is -1.73. The van der Waals surface area contributed by atoms with Crippen LogP contribution in [0.25, 0.3) is 0 Å². The van der Waals surface area contributed by atoms with Crippen LogP contribution in [0.5, 0.6) is 0 Å². The Hall–Kier alpha value is -2.68. The molecule has 0 unspecified atom stereocenters. The van der Waals surface area contributed by atoms with E-state index in [-0.39, 0.29) is 25.3 Å². The zero-order chi connectivity index (χ0) is 30.5. The van der Waals surface area contributed by atoms with Crippen molar-refractivity contribution < 1.29 is 48.0 Å². The van der Waals surface area contributed by atoms with Crippen LogP contribution in [-0.4, -0.2) is 44.3 Å². The molecule has 222 valence electrons. The Balaban J connectivity index is 1.73. The van der Waals surface area contributed by atoms with Gasteiger partial charge in [-0.25, -0.2) is 21.8 Å². The second-order valence-electron chi connectivity index (χ2n) is 10.5. The molecule has 1 aromatic heterocycles. The molecule has 1 aliphatic carbocycles. The van der Waals surface area contributed by atoms with Gasteiger partial charge in [-0.15, -0.1) is 0 Å². The molecule has 0 atom stereocenters. The maximum absolute atomic E-state index is 13.2. The van der Waals surface area contributed by atoms with Gasteiger partial charge in [-0.05, 0) is 76.6 Å². The normalized spacial score (nSPS) is 18.9. The van der Waals surface area contributed by atoms with Gasteiger partial charge < -0.3 is 5.32 Å². The van der Waals surface area contributed by atoms with Crippen molar-refractivity contribution in [3.8, 4) is 0 Å². The molecule has 1 amide bonds. The monoisotopic (exact) mass is 614 g/mol. The first-order valence-corrected chi connectivity index (χ1v) is 15.1. The van der Waals surface area contributed by atoms with Gasteiger partial charge in [-0.2, -0.15) is 26.3 Å². The zero-order valence-corrected chi connectivity index (χ0v) is 23.5. The van der Waals surface area contributed by atoms with Crippen molar-refractivity contribution in [1.82, 2.24) is 10.3 Å². The van der Waals surface area contributed by atoms with Crippen molar-refractivity contribution in [1.29, 1.82) is 0 Å². The average molecular weight is 615 g/mol. The number of hydrogen-bond acceptors (Lipinski definition) is 6. The van der Waals surface area contributed by atoms with Crippen molar-refractivity contribution in [2.24, 2.45) is 11.8 Å². The van der Waals surface area contributed by atoms with Crippen LogP contribution in [0.15, 0.2) is 46.3 Å². The minimum absolute atomic E-state index is 0.0428. The topological polar surface area (TPSA) is 110 Å². The first-order valence-electron chi connectivity index (χ1n) is 12.1. The molecule has 1 heterocycles. The van der Waals surface area contributed by atoms with Gasteiger partial charge in [0.2, 0.25) is 0 Å². The first kappa shape index (κ1) is 31.8. The molecule has 2 aromatic rings. The highest BCUT2D eigenvalue weighted by atomic mass is 32.2. The Morgan fingerprint density at radius 3 is 2.08 bits per heavy atom. The summed E-state index contributed by atoms with van der Waals surface area (Å²) in [4.78, 5) is 14.9. The molecule has 0 spiro atoms. The van der Waals surface area contributed by atoms with E-state index in [1.807, 2.05) is 0 Å². The molecule has 1 N–H and O–H groups in total. The van der Waals surface area contributed by atoms with E-state index in [4.69, 9.17) is 0 Å². The maximum atomic E-state index is 13.2. The number of amides is 1. The van der Waals surface area contributed by atoms with E-state index in [1.165, 1.54) is 27.7 Å². The predicted octanol–water partition coefficient (Wildman–Crippen LogP) is 5.31. The van der Waals surface area contributed by atoms with Crippen LogP contribution in [0.4, 0.5) is 26.3 Å². The SMILES string of the molecule is CC(C)S(=O)(=O)c1cc(C(F)(F)F)cnc1C(=O)NCC1CC(C(C)(C)S(=O)(=O)c2cccc(C(F)(F)F)c2)C1. The van der Waals surface area contributed by atoms with Crippen molar-refractivity contribution >= 4 is 25.6 Å². The number of hydrogen-bond donors (Lipinski definition) is 1. The van der Waals surface area contributed by atoms with Crippen LogP contribution < -0.4 is 5.32 Å². The number of benzene rings is 1. The van der Waals surface area contributed by atoms with Crippen molar-refractivity contribution in [3.63, 3.8) is 0 Å². The molecule has 7 nitrogen and oxygen atoms in total. The number of halogens is 6. The fraction of sp³-hybridized carbons (Fsp3) is 0.520. The third-order valence-electron chi connectivity index (χ3n) is 7.26. The van der Waals surface area contributed by atoms with E-state index in [2.05, 4.69) is 10.3 Å². The molecule has 1 aromatic carbocycles. The second-order valence-corrected chi connectivity index (χ2v) is 15.5. The van der Waals surface area contributed by atoms with E-state index in [1.54, 1.807) is 0 Å². The molecule has 15 heteroatoms. The summed E-state index contributed by atoms with van der Waals surface area (Å²) in [6.45, 7) is 5.29. The standard InChI is InChI=1S/C25H28F6N2O5S2/c1-14(2)39(35,36)20-11-18(25(29,30)31)13-32-21(20)22(34)33-12-15-8-17(9-15)23(3,4)40(37,38)19-7-5-6-16(10-19)24(26,27)28/h5-7,10-11,13-15,17H,8-9,12H2,1-4H3,(H,33,34). The van der Waals surface area contributed by atoms with Crippen LogP contribution >= 0.6 is 0 Å². The molecular weight excluding hydrogens is 586 g/mol. The number of sulfone groups is 2. The van der Waals surface area contributed by atoms with Crippen molar-refractivity contribution in [2.75, 3.05) is 6.54 Å². The lowest BCUT2D eigenvalue weighted by Crippen LogP contribution is -2.49. The van der Waals surface area contributed by atoms with Crippen LogP contribution in [0.2, 0.25) is 0 Å². The molecule has 1 aliphatic rings. The summed E-state index contributed by atoms with van der Waals surface area (Å²) in [5.41, 5.74) is -3.10. The fourth-order valence-corrected chi connectivity index (χ4v) is 7.39. The maximum Gasteiger partial charge on any atom is 0.417 e. The fourth-order valence-electron chi connectivity index (χ4n) is 4.39. The van der Waals surface area contributed by atoms with Crippen LogP contribution in [0.3, 0.4) is 0 Å². The highest BCUT2D eigenvalue weighted by molar-refractivity contribution is 7.93. The molecule has 1 fully saturated rings. The van der Waals surface area contributed by atoms with Gasteiger partial charge in [0.15, 0.2) is 19.7 Å². The lowest BCUT2D eigenvalue weighted by molar-refractivity contribution is -0.138. The average Bonchev–Trinajstić information content (AvgIpc) is 2.81. The van der Waals surface area contributed by atoms with E-state index in [0.29, 0.717) is 18.3 Å². The number of rotatable bonds is 8. The van der Waals surface area contributed by atoms with Gasteiger partial charge in [-0.1, -0.05) is 6.07 Å². The van der Waals surface area contributed by atoms with Gasteiger partial charge in [0.25, 0.3) is 5.91 Å². The lowest BCUT2D eigenvalue weighted by atomic mass is 9.69. The number of nitrogens with zero attached hydrogens (tertiary/aromatic N) is 1. The van der Waals surface area contributed by atoms with Crippen molar-refractivity contribution in [2.45, 2.75) is 72.7 Å². The summed E-state index contributed by atoms with van der Waals surface area (Å²) in [7, 11) is -8.49. The Labute approximate surface area is 228 Å². The van der Waals surface area contributed by atoms with Gasteiger partial charge in [0.05, 0.1) is 30.9 Å². The van der Waals surface area contributed by atoms with E-state index < -0.39 is 80.5 Å². The van der Waals surface area contributed by atoms with Crippen LogP contribution in [0.1, 0.15) is 62.2 Å². The minimum Gasteiger partial charge on any atom is -0.350 e. The molecule has 0 aliphatic heterocycles. The van der Waals surface area contributed by atoms with Crippen LogP contribution in [-0.2, 0) is 32.0 Å². The van der Waals surface area contributed by atoms with Crippen molar-refractivity contribution in [3.05, 3.63) is 53.3 Å². The first-order chi connectivity index (χ1) is 18.1. The Morgan fingerprint density at radius 1 is 0.975 bits per heavy atom. The molecule has 0 bridgehead atoms. The smallest absolute Gasteiger partial charge is 0.350 e. The number of aromatic nitrogens is 1. The summed E-state index contributed by atoms with van der Waals surface area (Å²) < 4.78 is 129. The molecule has 0 saturated heterocycles. The van der Waals surface area contributed by atoms with Gasteiger partial charge in [0.1, 0.15) is 5.69 Å². The van der Waals surface area contributed by atoms with Gasteiger partial charge >= 0.3 is 12.4 Å². The highest BCUT2D eigenvalue weighted by Gasteiger charge is 2.49. The second kappa shape index (κ2) is 10.6. The summed E-state index contributed by atoms with van der Waals surface area (Å²) >= 11 is 0. The molecule has 1 saturated carbocycles. The van der Waals surface area contributed by atoms with E-state index in [0.717, 1.165) is 18.2 Å².